The Kier molecular flexibility index (Phi) is 5.30. The van der Waals surface area contributed by atoms with Crippen LogP contribution in [0, 0.1) is 11.6 Å². The van der Waals surface area contributed by atoms with Gasteiger partial charge in [-0.1, -0.05) is 24.3 Å². The minimum absolute atomic E-state index is 0.308. The first-order valence-corrected chi connectivity index (χ1v) is 6.72. The number of hydrogen-bond donors (Lipinski definition) is 2. The molecule has 0 spiro atoms. The molecule has 2 aromatic rings. The van der Waals surface area contributed by atoms with Gasteiger partial charge in [0.1, 0.15) is 23.1 Å². The van der Waals surface area contributed by atoms with E-state index < -0.39 is 23.4 Å². The van der Waals surface area contributed by atoms with E-state index in [0.717, 1.165) is 23.4 Å². The van der Waals surface area contributed by atoms with Gasteiger partial charge in [0.05, 0.1) is 7.11 Å². The van der Waals surface area contributed by atoms with Gasteiger partial charge in [0.2, 0.25) is 0 Å². The van der Waals surface area contributed by atoms with E-state index in [-0.39, 0.29) is 0 Å². The number of nitrogens with one attached hydrogen (secondary N) is 2. The summed E-state index contributed by atoms with van der Waals surface area (Å²) in [5.41, 5.74) is 0.472. The number of carbonyl (C=O) groups excluding carboxylic acids is 1. The predicted molar refractivity (Wildman–Crippen MR) is 80.1 cm³/mol. The first kappa shape index (κ1) is 15.8. The molecule has 6 heteroatoms. The molecule has 0 saturated carbocycles. The average molecular weight is 306 g/mol. The Labute approximate surface area is 127 Å². The van der Waals surface area contributed by atoms with E-state index >= 15 is 0 Å². The highest BCUT2D eigenvalue weighted by Gasteiger charge is 2.11. The van der Waals surface area contributed by atoms with Crippen molar-refractivity contribution in [3.05, 3.63) is 59.7 Å². The van der Waals surface area contributed by atoms with Crippen LogP contribution < -0.4 is 15.4 Å². The van der Waals surface area contributed by atoms with Gasteiger partial charge in [0, 0.05) is 6.54 Å². The van der Waals surface area contributed by atoms with Crippen molar-refractivity contribution >= 4 is 11.7 Å². The van der Waals surface area contributed by atoms with E-state index in [1.165, 1.54) is 6.07 Å². The van der Waals surface area contributed by atoms with Crippen molar-refractivity contribution in [2.45, 2.75) is 6.42 Å². The first-order chi connectivity index (χ1) is 10.6. The fourth-order valence-electron chi connectivity index (χ4n) is 2.00. The van der Waals surface area contributed by atoms with Crippen molar-refractivity contribution in [1.29, 1.82) is 0 Å². The van der Waals surface area contributed by atoms with Gasteiger partial charge in [-0.15, -0.1) is 0 Å². The van der Waals surface area contributed by atoms with E-state index in [9.17, 15) is 13.6 Å². The molecule has 2 aromatic carbocycles. The van der Waals surface area contributed by atoms with Crippen LogP contribution in [0.2, 0.25) is 0 Å². The molecule has 0 fully saturated rings. The first-order valence-electron chi connectivity index (χ1n) is 6.72. The lowest BCUT2D eigenvalue weighted by Crippen LogP contribution is -2.31. The standard InChI is InChI=1S/C16H16F2N2O2/c1-22-14-8-3-2-5-11(14)9-10-19-16(21)20-15-12(17)6-4-7-13(15)18/h2-8H,9-10H2,1H3,(H2,19,20,21). The number of ether oxygens (including phenoxy) is 1. The molecule has 0 aliphatic carbocycles. The van der Waals surface area contributed by atoms with Gasteiger partial charge < -0.3 is 15.4 Å². The van der Waals surface area contributed by atoms with Gasteiger partial charge in [-0.25, -0.2) is 13.6 Å². The summed E-state index contributed by atoms with van der Waals surface area (Å²) < 4.78 is 32.0. The van der Waals surface area contributed by atoms with Gasteiger partial charge in [-0.05, 0) is 30.2 Å². The van der Waals surface area contributed by atoms with E-state index in [1.54, 1.807) is 7.11 Å². The molecule has 0 atom stereocenters. The van der Waals surface area contributed by atoms with E-state index in [0.29, 0.717) is 13.0 Å². The lowest BCUT2D eigenvalue weighted by Gasteiger charge is -2.10. The van der Waals surface area contributed by atoms with Crippen molar-refractivity contribution in [3.8, 4) is 5.75 Å². The van der Waals surface area contributed by atoms with Gasteiger partial charge in [0.25, 0.3) is 0 Å². The maximum Gasteiger partial charge on any atom is 0.319 e. The third-order valence-corrected chi connectivity index (χ3v) is 3.07. The van der Waals surface area contributed by atoms with Crippen molar-refractivity contribution < 1.29 is 18.3 Å². The molecule has 116 valence electrons. The van der Waals surface area contributed by atoms with Crippen LogP contribution in [-0.4, -0.2) is 19.7 Å². The number of urea groups is 1. The van der Waals surface area contributed by atoms with Crippen LogP contribution in [0.4, 0.5) is 19.3 Å². The van der Waals surface area contributed by atoms with E-state index in [1.807, 2.05) is 24.3 Å². The molecule has 2 amide bonds. The Morgan fingerprint density at radius 3 is 2.45 bits per heavy atom. The van der Waals surface area contributed by atoms with E-state index in [4.69, 9.17) is 4.74 Å². The average Bonchev–Trinajstić information content (AvgIpc) is 2.51. The Balaban J connectivity index is 1.88. The maximum absolute atomic E-state index is 13.4. The molecule has 0 aliphatic rings. The quantitative estimate of drug-likeness (QED) is 0.890. The normalized spacial score (nSPS) is 10.1. The highest BCUT2D eigenvalue weighted by Crippen LogP contribution is 2.18. The summed E-state index contributed by atoms with van der Waals surface area (Å²) in [5, 5.41) is 4.71. The van der Waals surface area contributed by atoms with Crippen molar-refractivity contribution in [2.24, 2.45) is 0 Å². The number of halogens is 2. The molecular formula is C16H16F2N2O2. The number of benzene rings is 2. The summed E-state index contributed by atoms with van der Waals surface area (Å²) >= 11 is 0. The summed E-state index contributed by atoms with van der Waals surface area (Å²) in [7, 11) is 1.57. The molecule has 2 rings (SSSR count). The Morgan fingerprint density at radius 1 is 1.09 bits per heavy atom. The molecule has 0 bridgehead atoms. The molecule has 4 nitrogen and oxygen atoms in total. The molecular weight excluding hydrogens is 290 g/mol. The Morgan fingerprint density at radius 2 is 1.77 bits per heavy atom. The number of rotatable bonds is 5. The minimum Gasteiger partial charge on any atom is -0.496 e. The lowest BCUT2D eigenvalue weighted by molar-refractivity contribution is 0.252. The number of anilines is 1. The highest BCUT2D eigenvalue weighted by molar-refractivity contribution is 5.89. The number of para-hydroxylation sites is 2. The van der Waals surface area contributed by atoms with Crippen LogP contribution in [0.1, 0.15) is 5.56 Å². The molecule has 0 aromatic heterocycles. The smallest absolute Gasteiger partial charge is 0.319 e. The zero-order valence-electron chi connectivity index (χ0n) is 12.0. The monoisotopic (exact) mass is 306 g/mol. The van der Waals surface area contributed by atoms with Crippen molar-refractivity contribution in [2.75, 3.05) is 19.0 Å². The van der Waals surface area contributed by atoms with Gasteiger partial charge in [-0.2, -0.15) is 0 Å². The summed E-state index contributed by atoms with van der Waals surface area (Å²) in [6.07, 6.45) is 0.539. The third kappa shape index (κ3) is 3.94. The van der Waals surface area contributed by atoms with Crippen molar-refractivity contribution in [1.82, 2.24) is 5.32 Å². The zero-order chi connectivity index (χ0) is 15.9. The van der Waals surface area contributed by atoms with Gasteiger partial charge in [-0.3, -0.25) is 0 Å². The van der Waals surface area contributed by atoms with Crippen LogP contribution >= 0.6 is 0 Å². The molecule has 2 N–H and O–H groups in total. The van der Waals surface area contributed by atoms with E-state index in [2.05, 4.69) is 10.6 Å². The summed E-state index contributed by atoms with van der Waals surface area (Å²) in [6.45, 7) is 0.308. The molecule has 0 aliphatic heterocycles. The number of hydrogen-bond acceptors (Lipinski definition) is 2. The second kappa shape index (κ2) is 7.40. The largest absolute Gasteiger partial charge is 0.496 e. The Bertz CT molecular complexity index is 642. The minimum atomic E-state index is -0.820. The van der Waals surface area contributed by atoms with Gasteiger partial charge in [0.15, 0.2) is 0 Å². The summed E-state index contributed by atoms with van der Waals surface area (Å²) in [5.74, 6) is -0.912. The number of amides is 2. The van der Waals surface area contributed by atoms with Gasteiger partial charge >= 0.3 is 6.03 Å². The topological polar surface area (TPSA) is 50.4 Å². The molecule has 0 heterocycles. The van der Waals surface area contributed by atoms with Crippen LogP contribution in [0.25, 0.3) is 0 Å². The highest BCUT2D eigenvalue weighted by atomic mass is 19.1. The molecule has 22 heavy (non-hydrogen) atoms. The zero-order valence-corrected chi connectivity index (χ0v) is 12.0. The molecule has 0 saturated heterocycles. The SMILES string of the molecule is COc1ccccc1CCNC(=O)Nc1c(F)cccc1F. The van der Waals surface area contributed by atoms with Crippen LogP contribution in [-0.2, 0) is 6.42 Å². The second-order valence-corrected chi connectivity index (χ2v) is 4.54. The number of methoxy groups -OCH3 is 1. The van der Waals surface area contributed by atoms with Crippen LogP contribution in [0.5, 0.6) is 5.75 Å². The predicted octanol–water partition coefficient (Wildman–Crippen LogP) is 3.34. The fourth-order valence-corrected chi connectivity index (χ4v) is 2.00. The molecule has 0 unspecified atom stereocenters. The Hall–Kier alpha value is -2.63. The summed E-state index contributed by atoms with van der Waals surface area (Å²) in [4.78, 5) is 11.7. The molecule has 0 radical (unpaired) electrons. The third-order valence-electron chi connectivity index (χ3n) is 3.07. The van der Waals surface area contributed by atoms with Crippen molar-refractivity contribution in [3.63, 3.8) is 0 Å². The number of carbonyl (C=O) groups is 1. The van der Waals surface area contributed by atoms with Crippen LogP contribution in [0.3, 0.4) is 0 Å². The lowest BCUT2D eigenvalue weighted by atomic mass is 10.1. The fraction of sp³-hybridized carbons (Fsp3) is 0.188. The summed E-state index contributed by atoms with van der Waals surface area (Å²) in [6, 6.07) is 10.1. The second-order valence-electron chi connectivity index (χ2n) is 4.54. The maximum atomic E-state index is 13.4. The van der Waals surface area contributed by atoms with Crippen LogP contribution in [0.15, 0.2) is 42.5 Å².